The zero-order chi connectivity index (χ0) is 11.5. The lowest BCUT2D eigenvalue weighted by Gasteiger charge is -2.18. The molecule has 2 nitrogen and oxygen atoms in total. The molecule has 2 rings (SSSR count). The van der Waals surface area contributed by atoms with Crippen molar-refractivity contribution in [2.45, 2.75) is 0 Å². The second-order valence-corrected chi connectivity index (χ2v) is 4.26. The molecule has 82 valence electrons. The average molecular weight is 281 g/mol. The summed E-state index contributed by atoms with van der Waals surface area (Å²) in [6.07, 6.45) is 1.68. The molecule has 0 bridgehead atoms. The van der Waals surface area contributed by atoms with Crippen LogP contribution in [0, 0.1) is 5.82 Å². The molecular weight excluding hydrogens is 271 g/mol. The van der Waals surface area contributed by atoms with Crippen molar-refractivity contribution in [3.63, 3.8) is 0 Å². The molecular formula is C12H10BrFN2. The van der Waals surface area contributed by atoms with Gasteiger partial charge < -0.3 is 4.90 Å². The lowest BCUT2D eigenvalue weighted by atomic mass is 10.3. The fourth-order valence-corrected chi connectivity index (χ4v) is 1.76. The van der Waals surface area contributed by atoms with E-state index >= 15 is 0 Å². The van der Waals surface area contributed by atoms with Crippen LogP contribution in [0.2, 0.25) is 0 Å². The van der Waals surface area contributed by atoms with E-state index in [0.717, 1.165) is 4.47 Å². The van der Waals surface area contributed by atoms with Gasteiger partial charge in [0.2, 0.25) is 0 Å². The first-order valence-corrected chi connectivity index (χ1v) is 5.57. The highest BCUT2D eigenvalue weighted by Gasteiger charge is 2.09. The fourth-order valence-electron chi connectivity index (χ4n) is 1.43. The summed E-state index contributed by atoms with van der Waals surface area (Å²) in [6.45, 7) is 0. The van der Waals surface area contributed by atoms with E-state index in [1.54, 1.807) is 30.3 Å². The quantitative estimate of drug-likeness (QED) is 0.833. The van der Waals surface area contributed by atoms with Crippen LogP contribution in [0.5, 0.6) is 0 Å². The zero-order valence-corrected chi connectivity index (χ0v) is 10.3. The van der Waals surface area contributed by atoms with Gasteiger partial charge >= 0.3 is 0 Å². The van der Waals surface area contributed by atoms with Crippen LogP contribution in [0.25, 0.3) is 0 Å². The van der Waals surface area contributed by atoms with Crippen molar-refractivity contribution in [1.29, 1.82) is 0 Å². The van der Waals surface area contributed by atoms with Crippen LogP contribution in [-0.2, 0) is 0 Å². The third-order valence-corrected chi connectivity index (χ3v) is 2.76. The Hall–Kier alpha value is -1.42. The molecule has 0 N–H and O–H groups in total. The van der Waals surface area contributed by atoms with E-state index in [1.165, 1.54) is 6.07 Å². The molecule has 0 atom stereocenters. The molecule has 0 aliphatic rings. The van der Waals surface area contributed by atoms with Gasteiger partial charge in [0.15, 0.2) is 0 Å². The second kappa shape index (κ2) is 4.61. The Labute approximate surface area is 102 Å². The minimum Gasteiger partial charge on any atom is -0.327 e. The average Bonchev–Trinajstić information content (AvgIpc) is 2.29. The molecule has 0 amide bonds. The standard InChI is InChI=1S/C12H10BrFN2/c1-16(12-4-2-3-7-15-12)11-6-5-9(13)8-10(11)14/h2-8H,1H3. The van der Waals surface area contributed by atoms with Crippen molar-refractivity contribution >= 4 is 27.4 Å². The molecule has 0 saturated carbocycles. The topological polar surface area (TPSA) is 16.1 Å². The van der Waals surface area contributed by atoms with E-state index < -0.39 is 0 Å². The summed E-state index contributed by atoms with van der Waals surface area (Å²) in [7, 11) is 1.79. The van der Waals surface area contributed by atoms with Crippen molar-refractivity contribution in [3.05, 3.63) is 52.9 Å². The molecule has 4 heteroatoms. The number of nitrogens with zero attached hydrogens (tertiary/aromatic N) is 2. The van der Waals surface area contributed by atoms with E-state index in [1.807, 2.05) is 18.2 Å². The summed E-state index contributed by atoms with van der Waals surface area (Å²) in [5, 5.41) is 0. The molecule has 0 fully saturated rings. The van der Waals surface area contributed by atoms with Gasteiger partial charge in [0.05, 0.1) is 5.69 Å². The number of aromatic nitrogens is 1. The Kier molecular flexibility index (Phi) is 3.19. The van der Waals surface area contributed by atoms with Gasteiger partial charge in [-0.15, -0.1) is 0 Å². The van der Waals surface area contributed by atoms with Crippen LogP contribution in [0.4, 0.5) is 15.9 Å². The lowest BCUT2D eigenvalue weighted by molar-refractivity contribution is 0.626. The Bertz CT molecular complexity index is 488. The molecule has 0 unspecified atom stereocenters. The summed E-state index contributed by atoms with van der Waals surface area (Å²) in [5.74, 6) is 0.436. The highest BCUT2D eigenvalue weighted by Crippen LogP contribution is 2.26. The van der Waals surface area contributed by atoms with Gasteiger partial charge in [0, 0.05) is 17.7 Å². The molecule has 1 heterocycles. The van der Waals surface area contributed by atoms with Gasteiger partial charge in [0.1, 0.15) is 11.6 Å². The Morgan fingerprint density at radius 1 is 1.25 bits per heavy atom. The van der Waals surface area contributed by atoms with Crippen molar-refractivity contribution in [2.75, 3.05) is 11.9 Å². The summed E-state index contributed by atoms with van der Waals surface area (Å²) in [4.78, 5) is 5.88. The van der Waals surface area contributed by atoms with Gasteiger partial charge in [-0.3, -0.25) is 0 Å². The molecule has 1 aromatic carbocycles. The number of halogens is 2. The third-order valence-electron chi connectivity index (χ3n) is 2.26. The first-order chi connectivity index (χ1) is 7.68. The minimum absolute atomic E-state index is 0.275. The summed E-state index contributed by atoms with van der Waals surface area (Å²) >= 11 is 3.23. The molecule has 0 spiro atoms. The minimum atomic E-state index is -0.275. The Balaban J connectivity index is 2.38. The van der Waals surface area contributed by atoms with Crippen LogP contribution in [0.3, 0.4) is 0 Å². The van der Waals surface area contributed by atoms with E-state index in [9.17, 15) is 4.39 Å². The number of pyridine rings is 1. The van der Waals surface area contributed by atoms with E-state index in [0.29, 0.717) is 11.5 Å². The maximum absolute atomic E-state index is 13.7. The first-order valence-electron chi connectivity index (χ1n) is 4.78. The smallest absolute Gasteiger partial charge is 0.147 e. The number of rotatable bonds is 2. The Morgan fingerprint density at radius 2 is 2.06 bits per heavy atom. The SMILES string of the molecule is CN(c1ccccn1)c1ccc(Br)cc1F. The van der Waals surface area contributed by atoms with E-state index in [4.69, 9.17) is 0 Å². The highest BCUT2D eigenvalue weighted by atomic mass is 79.9. The predicted octanol–water partition coefficient (Wildman–Crippen LogP) is 3.75. The normalized spacial score (nSPS) is 10.2. The number of benzene rings is 1. The van der Waals surface area contributed by atoms with Gasteiger partial charge in [-0.1, -0.05) is 22.0 Å². The molecule has 0 aliphatic carbocycles. The summed E-state index contributed by atoms with van der Waals surface area (Å²) < 4.78 is 14.4. The number of anilines is 2. The zero-order valence-electron chi connectivity index (χ0n) is 8.69. The van der Waals surface area contributed by atoms with Crippen molar-refractivity contribution in [1.82, 2.24) is 4.98 Å². The van der Waals surface area contributed by atoms with Gasteiger partial charge in [-0.25, -0.2) is 9.37 Å². The van der Waals surface area contributed by atoms with Gasteiger partial charge in [0.25, 0.3) is 0 Å². The maximum Gasteiger partial charge on any atom is 0.147 e. The highest BCUT2D eigenvalue weighted by molar-refractivity contribution is 9.10. The molecule has 2 aromatic rings. The van der Waals surface area contributed by atoms with Crippen LogP contribution < -0.4 is 4.90 Å². The number of hydrogen-bond donors (Lipinski definition) is 0. The molecule has 0 radical (unpaired) electrons. The third kappa shape index (κ3) is 2.22. The molecule has 16 heavy (non-hydrogen) atoms. The van der Waals surface area contributed by atoms with Crippen molar-refractivity contribution in [2.24, 2.45) is 0 Å². The second-order valence-electron chi connectivity index (χ2n) is 3.34. The summed E-state index contributed by atoms with van der Waals surface area (Å²) in [5.41, 5.74) is 0.502. The van der Waals surface area contributed by atoms with Crippen LogP contribution in [-0.4, -0.2) is 12.0 Å². The van der Waals surface area contributed by atoms with E-state index in [-0.39, 0.29) is 5.82 Å². The molecule has 0 saturated heterocycles. The summed E-state index contributed by atoms with van der Waals surface area (Å²) in [6, 6.07) is 10.5. The molecule has 0 aliphatic heterocycles. The van der Waals surface area contributed by atoms with Crippen molar-refractivity contribution < 1.29 is 4.39 Å². The van der Waals surface area contributed by atoms with Crippen LogP contribution in [0.1, 0.15) is 0 Å². The Morgan fingerprint density at radius 3 is 2.69 bits per heavy atom. The fraction of sp³-hybridized carbons (Fsp3) is 0.0833. The first kappa shape index (κ1) is 11.1. The lowest BCUT2D eigenvalue weighted by Crippen LogP contribution is -2.12. The maximum atomic E-state index is 13.7. The molecule has 1 aromatic heterocycles. The van der Waals surface area contributed by atoms with E-state index in [2.05, 4.69) is 20.9 Å². The van der Waals surface area contributed by atoms with Crippen LogP contribution >= 0.6 is 15.9 Å². The largest absolute Gasteiger partial charge is 0.327 e. The van der Waals surface area contributed by atoms with Crippen LogP contribution in [0.15, 0.2) is 47.1 Å². The monoisotopic (exact) mass is 280 g/mol. The van der Waals surface area contributed by atoms with Crippen molar-refractivity contribution in [3.8, 4) is 0 Å². The van der Waals surface area contributed by atoms with Gasteiger partial charge in [-0.2, -0.15) is 0 Å². The van der Waals surface area contributed by atoms with Gasteiger partial charge in [-0.05, 0) is 30.3 Å². The number of hydrogen-bond acceptors (Lipinski definition) is 2. The predicted molar refractivity (Wildman–Crippen MR) is 66.4 cm³/mol.